The summed E-state index contributed by atoms with van der Waals surface area (Å²) in [5.74, 6) is -2.65. The Morgan fingerprint density at radius 2 is 1.79 bits per heavy atom. The second kappa shape index (κ2) is 9.55. The van der Waals surface area contributed by atoms with E-state index in [-0.39, 0.29) is 18.1 Å². The number of hydrogen-bond donors (Lipinski definition) is 4. The number of aryl methyl sites for hydroxylation is 1. The Morgan fingerprint density at radius 3 is 2.45 bits per heavy atom. The lowest BCUT2D eigenvalue weighted by Gasteiger charge is -2.16. The number of pyridine rings is 1. The molecule has 7 nitrogen and oxygen atoms in total. The Bertz CT molecular complexity index is 1200. The lowest BCUT2D eigenvalue weighted by molar-refractivity contribution is -0.137. The van der Waals surface area contributed by atoms with Crippen LogP contribution in [0.4, 0.5) is 40.4 Å². The van der Waals surface area contributed by atoms with Crippen molar-refractivity contribution in [2.24, 2.45) is 5.73 Å². The molecule has 0 saturated carbocycles. The summed E-state index contributed by atoms with van der Waals surface area (Å²) in [5.41, 5.74) is 5.23. The quantitative estimate of drug-likeness (QED) is 0.389. The van der Waals surface area contributed by atoms with Gasteiger partial charge in [-0.25, -0.2) is 9.37 Å². The molecule has 2 amide bonds. The summed E-state index contributed by atoms with van der Waals surface area (Å²) in [6.07, 6.45) is -3.45. The first-order valence-corrected chi connectivity index (χ1v) is 9.57. The molecule has 0 fully saturated rings. The predicted molar refractivity (Wildman–Crippen MR) is 116 cm³/mol. The highest BCUT2D eigenvalue weighted by atomic mass is 19.4. The van der Waals surface area contributed by atoms with E-state index in [1.807, 2.05) is 19.1 Å². The van der Waals surface area contributed by atoms with E-state index >= 15 is 0 Å². The normalized spacial score (nSPS) is 11.1. The van der Waals surface area contributed by atoms with Crippen LogP contribution in [0.1, 0.15) is 21.5 Å². The van der Waals surface area contributed by atoms with Crippen LogP contribution in [0.2, 0.25) is 0 Å². The van der Waals surface area contributed by atoms with Crippen LogP contribution in [0.3, 0.4) is 0 Å². The number of para-hydroxylation sites is 1. The molecule has 2 aromatic carbocycles. The molecule has 5 N–H and O–H groups in total. The maximum atomic E-state index is 13.8. The van der Waals surface area contributed by atoms with E-state index in [0.717, 1.165) is 5.56 Å². The number of nitrogens with two attached hydrogens (primary N) is 1. The number of aromatic nitrogens is 1. The molecule has 1 aromatic heterocycles. The van der Waals surface area contributed by atoms with Gasteiger partial charge in [-0.05, 0) is 42.8 Å². The van der Waals surface area contributed by atoms with E-state index < -0.39 is 34.9 Å². The number of alkyl halides is 3. The number of carbonyl (C=O) groups is 2. The molecule has 1 heterocycles. The van der Waals surface area contributed by atoms with Gasteiger partial charge in [-0.1, -0.05) is 18.2 Å². The summed E-state index contributed by atoms with van der Waals surface area (Å²) < 4.78 is 52.8. The topological polar surface area (TPSA) is 109 Å². The van der Waals surface area contributed by atoms with Crippen LogP contribution in [0.15, 0.2) is 54.7 Å². The number of primary amides is 1. The van der Waals surface area contributed by atoms with E-state index in [1.165, 1.54) is 12.3 Å². The SMILES string of the molecule is Cc1ccccc1Nc1ncc(NCC(N)=O)cc1NC(=O)c1cc(F)cc(C(F)(F)F)c1. The largest absolute Gasteiger partial charge is 0.416 e. The number of halogens is 4. The van der Waals surface area contributed by atoms with E-state index in [2.05, 4.69) is 20.9 Å². The maximum Gasteiger partial charge on any atom is 0.416 e. The van der Waals surface area contributed by atoms with Crippen molar-refractivity contribution in [3.63, 3.8) is 0 Å². The second-order valence-electron chi connectivity index (χ2n) is 7.06. The summed E-state index contributed by atoms with van der Waals surface area (Å²) in [6, 6.07) is 10.2. The number of benzene rings is 2. The van der Waals surface area contributed by atoms with Crippen molar-refractivity contribution in [3.05, 3.63) is 77.2 Å². The summed E-state index contributed by atoms with van der Waals surface area (Å²) >= 11 is 0. The molecule has 0 radical (unpaired) electrons. The Morgan fingerprint density at radius 1 is 1.06 bits per heavy atom. The molecular formula is C22H19F4N5O2. The molecule has 11 heteroatoms. The fourth-order valence-corrected chi connectivity index (χ4v) is 2.87. The number of nitrogens with zero attached hydrogens (tertiary/aromatic N) is 1. The Balaban J connectivity index is 1.96. The van der Waals surface area contributed by atoms with Crippen molar-refractivity contribution < 1.29 is 27.2 Å². The molecule has 0 saturated heterocycles. The summed E-state index contributed by atoms with van der Waals surface area (Å²) in [7, 11) is 0. The van der Waals surface area contributed by atoms with Gasteiger partial charge < -0.3 is 21.7 Å². The van der Waals surface area contributed by atoms with Gasteiger partial charge in [0.2, 0.25) is 5.91 Å². The van der Waals surface area contributed by atoms with Gasteiger partial charge in [0.15, 0.2) is 5.82 Å². The molecule has 3 aromatic rings. The minimum Gasteiger partial charge on any atom is -0.375 e. The first-order chi connectivity index (χ1) is 15.5. The number of anilines is 4. The average Bonchev–Trinajstić information content (AvgIpc) is 2.74. The molecule has 0 unspecified atom stereocenters. The Labute approximate surface area is 186 Å². The van der Waals surface area contributed by atoms with Crippen LogP contribution in [-0.2, 0) is 11.0 Å². The number of rotatable bonds is 7. The number of hydrogen-bond acceptors (Lipinski definition) is 5. The van der Waals surface area contributed by atoms with Gasteiger partial charge in [0.05, 0.1) is 29.7 Å². The second-order valence-corrected chi connectivity index (χ2v) is 7.06. The summed E-state index contributed by atoms with van der Waals surface area (Å²) in [5, 5.41) is 8.20. The highest BCUT2D eigenvalue weighted by Gasteiger charge is 2.32. The van der Waals surface area contributed by atoms with Gasteiger partial charge in [0, 0.05) is 11.3 Å². The zero-order valence-electron chi connectivity index (χ0n) is 17.3. The molecule has 3 rings (SSSR count). The molecular weight excluding hydrogens is 442 g/mol. The van der Waals surface area contributed by atoms with E-state index in [1.54, 1.807) is 12.1 Å². The van der Waals surface area contributed by atoms with Crippen molar-refractivity contribution in [1.29, 1.82) is 0 Å². The average molecular weight is 461 g/mol. The van der Waals surface area contributed by atoms with Crippen molar-refractivity contribution in [1.82, 2.24) is 4.98 Å². The minimum atomic E-state index is -4.82. The number of nitrogens with one attached hydrogen (secondary N) is 3. The standard InChI is InChI=1S/C22H19F4N5O2/c1-12-4-2-3-5-17(12)30-20-18(9-16(10-29-20)28-11-19(27)32)31-21(33)13-6-14(22(24,25)26)8-15(23)7-13/h2-10,28H,11H2,1H3,(H2,27,32)(H,29,30)(H,31,33). The molecule has 172 valence electrons. The first kappa shape index (κ1) is 23.5. The molecule has 0 aliphatic carbocycles. The zero-order valence-corrected chi connectivity index (χ0v) is 17.3. The third kappa shape index (κ3) is 6.19. The predicted octanol–water partition coefficient (Wildman–Crippen LogP) is 4.44. The van der Waals surface area contributed by atoms with Gasteiger partial charge in [-0.2, -0.15) is 13.2 Å². The van der Waals surface area contributed by atoms with Crippen LogP contribution in [0.5, 0.6) is 0 Å². The zero-order chi connectivity index (χ0) is 24.2. The van der Waals surface area contributed by atoms with Gasteiger partial charge in [-0.3, -0.25) is 9.59 Å². The summed E-state index contributed by atoms with van der Waals surface area (Å²) in [6.45, 7) is 1.63. The summed E-state index contributed by atoms with van der Waals surface area (Å²) in [4.78, 5) is 28.0. The maximum absolute atomic E-state index is 13.8. The van der Waals surface area contributed by atoms with Gasteiger partial charge in [0.1, 0.15) is 5.82 Å². The van der Waals surface area contributed by atoms with E-state index in [0.29, 0.717) is 29.6 Å². The fourth-order valence-electron chi connectivity index (χ4n) is 2.87. The highest BCUT2D eigenvalue weighted by molar-refractivity contribution is 6.06. The van der Waals surface area contributed by atoms with Crippen molar-refractivity contribution in [3.8, 4) is 0 Å². The van der Waals surface area contributed by atoms with Crippen LogP contribution in [0, 0.1) is 12.7 Å². The molecule has 0 aliphatic rings. The molecule has 0 aliphatic heterocycles. The third-order valence-electron chi connectivity index (χ3n) is 4.49. The smallest absolute Gasteiger partial charge is 0.375 e. The van der Waals surface area contributed by atoms with Crippen LogP contribution in [0.25, 0.3) is 0 Å². The van der Waals surface area contributed by atoms with Crippen LogP contribution >= 0.6 is 0 Å². The number of amides is 2. The van der Waals surface area contributed by atoms with Gasteiger partial charge in [0.25, 0.3) is 5.91 Å². The molecule has 33 heavy (non-hydrogen) atoms. The third-order valence-corrected chi connectivity index (χ3v) is 4.49. The fraction of sp³-hybridized carbons (Fsp3) is 0.136. The van der Waals surface area contributed by atoms with Gasteiger partial charge in [-0.15, -0.1) is 0 Å². The Hall–Kier alpha value is -4.15. The highest BCUT2D eigenvalue weighted by Crippen LogP contribution is 2.32. The van der Waals surface area contributed by atoms with Crippen molar-refractivity contribution >= 4 is 34.7 Å². The van der Waals surface area contributed by atoms with Crippen LogP contribution in [-0.4, -0.2) is 23.3 Å². The minimum absolute atomic E-state index is 0.0792. The van der Waals surface area contributed by atoms with Crippen molar-refractivity contribution in [2.75, 3.05) is 22.5 Å². The molecule has 0 bridgehead atoms. The lowest BCUT2D eigenvalue weighted by Crippen LogP contribution is -2.22. The number of carbonyl (C=O) groups excluding carboxylic acids is 2. The first-order valence-electron chi connectivity index (χ1n) is 9.57. The van der Waals surface area contributed by atoms with Gasteiger partial charge >= 0.3 is 6.18 Å². The van der Waals surface area contributed by atoms with Crippen LogP contribution < -0.4 is 21.7 Å². The lowest BCUT2D eigenvalue weighted by atomic mass is 10.1. The molecule has 0 spiro atoms. The monoisotopic (exact) mass is 461 g/mol. The Kier molecular flexibility index (Phi) is 6.80. The van der Waals surface area contributed by atoms with E-state index in [4.69, 9.17) is 5.73 Å². The van der Waals surface area contributed by atoms with Crippen molar-refractivity contribution in [2.45, 2.75) is 13.1 Å². The van der Waals surface area contributed by atoms with E-state index in [9.17, 15) is 27.2 Å². The molecule has 0 atom stereocenters.